The van der Waals surface area contributed by atoms with Crippen LogP contribution in [0.4, 0.5) is 0 Å². The SMILES string of the molecule is CC(C)c1ccc(-c2nn(C)cc2CC(N)C(=O)O)cc1. The lowest BCUT2D eigenvalue weighted by atomic mass is 9.98. The Hall–Kier alpha value is -2.14. The number of hydrogen-bond donors (Lipinski definition) is 2. The van der Waals surface area contributed by atoms with Gasteiger partial charge in [0.1, 0.15) is 6.04 Å². The van der Waals surface area contributed by atoms with E-state index in [1.165, 1.54) is 5.56 Å². The van der Waals surface area contributed by atoms with E-state index in [9.17, 15) is 4.79 Å². The zero-order valence-electron chi connectivity index (χ0n) is 12.6. The minimum atomic E-state index is -1.00. The van der Waals surface area contributed by atoms with Gasteiger partial charge in [-0.2, -0.15) is 5.10 Å². The molecule has 1 heterocycles. The van der Waals surface area contributed by atoms with Gasteiger partial charge in [0.15, 0.2) is 0 Å². The number of aromatic nitrogens is 2. The maximum atomic E-state index is 10.9. The maximum absolute atomic E-state index is 10.9. The number of rotatable bonds is 5. The molecule has 1 aromatic carbocycles. The van der Waals surface area contributed by atoms with Gasteiger partial charge in [-0.25, -0.2) is 0 Å². The molecule has 0 aliphatic rings. The predicted octanol–water partition coefficient (Wildman–Crippen LogP) is 2.16. The highest BCUT2D eigenvalue weighted by Gasteiger charge is 2.18. The average Bonchev–Trinajstić information content (AvgIpc) is 2.79. The van der Waals surface area contributed by atoms with E-state index in [4.69, 9.17) is 10.8 Å². The van der Waals surface area contributed by atoms with Gasteiger partial charge in [-0.1, -0.05) is 38.1 Å². The van der Waals surface area contributed by atoms with Crippen molar-refractivity contribution in [2.24, 2.45) is 12.8 Å². The molecule has 0 fully saturated rings. The van der Waals surface area contributed by atoms with Crippen molar-refractivity contribution >= 4 is 5.97 Å². The van der Waals surface area contributed by atoms with Crippen LogP contribution in [-0.2, 0) is 18.3 Å². The van der Waals surface area contributed by atoms with Crippen LogP contribution in [0.15, 0.2) is 30.5 Å². The van der Waals surface area contributed by atoms with E-state index in [1.54, 1.807) is 4.68 Å². The highest BCUT2D eigenvalue weighted by molar-refractivity contribution is 5.74. The quantitative estimate of drug-likeness (QED) is 0.883. The topological polar surface area (TPSA) is 81.1 Å². The number of carboxylic acids is 1. The fourth-order valence-corrected chi connectivity index (χ4v) is 2.28. The van der Waals surface area contributed by atoms with E-state index in [1.807, 2.05) is 25.4 Å². The standard InChI is InChI=1S/C16H21N3O2/c1-10(2)11-4-6-12(7-5-11)15-13(9-19(3)18-15)8-14(17)16(20)21/h4-7,9-10,14H,8,17H2,1-3H3,(H,20,21). The number of benzene rings is 1. The predicted molar refractivity (Wildman–Crippen MR) is 82.0 cm³/mol. The number of aryl methyl sites for hydroxylation is 1. The molecule has 0 radical (unpaired) electrons. The van der Waals surface area contributed by atoms with E-state index in [0.29, 0.717) is 5.92 Å². The fraction of sp³-hybridized carbons (Fsp3) is 0.375. The Labute approximate surface area is 124 Å². The summed E-state index contributed by atoms with van der Waals surface area (Å²) in [7, 11) is 1.82. The average molecular weight is 287 g/mol. The first kappa shape index (κ1) is 15.3. The lowest BCUT2D eigenvalue weighted by Crippen LogP contribution is -2.32. The number of nitrogens with zero attached hydrogens (tertiary/aromatic N) is 2. The van der Waals surface area contributed by atoms with Gasteiger partial charge in [0.2, 0.25) is 0 Å². The van der Waals surface area contributed by atoms with Crippen LogP contribution >= 0.6 is 0 Å². The first-order valence-electron chi connectivity index (χ1n) is 6.99. The maximum Gasteiger partial charge on any atom is 0.320 e. The molecule has 0 saturated carbocycles. The Kier molecular flexibility index (Phi) is 4.43. The molecule has 0 amide bonds. The second-order valence-corrected chi connectivity index (χ2v) is 5.60. The minimum absolute atomic E-state index is 0.268. The number of carbonyl (C=O) groups is 1. The van der Waals surface area contributed by atoms with Crippen LogP contribution in [-0.4, -0.2) is 26.9 Å². The van der Waals surface area contributed by atoms with E-state index in [2.05, 4.69) is 31.1 Å². The molecule has 2 rings (SSSR count). The first-order chi connectivity index (χ1) is 9.88. The molecule has 1 aromatic heterocycles. The Morgan fingerprint density at radius 2 is 1.95 bits per heavy atom. The molecule has 2 aromatic rings. The van der Waals surface area contributed by atoms with Crippen LogP contribution in [0.1, 0.15) is 30.9 Å². The summed E-state index contributed by atoms with van der Waals surface area (Å²) in [5.74, 6) is -0.525. The molecule has 1 unspecified atom stereocenters. The van der Waals surface area contributed by atoms with Crippen LogP contribution in [0.5, 0.6) is 0 Å². The molecule has 0 spiro atoms. The zero-order valence-corrected chi connectivity index (χ0v) is 12.6. The van der Waals surface area contributed by atoms with Gasteiger partial charge in [0.05, 0.1) is 5.69 Å². The van der Waals surface area contributed by atoms with Crippen molar-refractivity contribution in [3.63, 3.8) is 0 Å². The fourth-order valence-electron chi connectivity index (χ4n) is 2.28. The Morgan fingerprint density at radius 1 is 1.33 bits per heavy atom. The second kappa shape index (κ2) is 6.10. The summed E-state index contributed by atoms with van der Waals surface area (Å²) >= 11 is 0. The molecular formula is C16H21N3O2. The number of aliphatic carboxylic acids is 1. The normalized spacial score (nSPS) is 12.6. The van der Waals surface area contributed by atoms with Gasteiger partial charge in [0, 0.05) is 30.8 Å². The molecule has 0 saturated heterocycles. The smallest absolute Gasteiger partial charge is 0.320 e. The highest BCUT2D eigenvalue weighted by Crippen LogP contribution is 2.25. The molecule has 0 aliphatic heterocycles. The van der Waals surface area contributed by atoms with Crippen molar-refractivity contribution in [2.45, 2.75) is 32.2 Å². The summed E-state index contributed by atoms with van der Waals surface area (Å²) in [5, 5.41) is 13.4. The Bertz CT molecular complexity index is 629. The van der Waals surface area contributed by atoms with Gasteiger partial charge < -0.3 is 10.8 Å². The molecular weight excluding hydrogens is 266 g/mol. The second-order valence-electron chi connectivity index (χ2n) is 5.60. The van der Waals surface area contributed by atoms with Crippen LogP contribution in [0.25, 0.3) is 11.3 Å². The summed E-state index contributed by atoms with van der Waals surface area (Å²) < 4.78 is 1.69. The van der Waals surface area contributed by atoms with Gasteiger partial charge in [-0.15, -0.1) is 0 Å². The van der Waals surface area contributed by atoms with E-state index >= 15 is 0 Å². The summed E-state index contributed by atoms with van der Waals surface area (Å²) in [5.41, 5.74) is 9.52. The summed E-state index contributed by atoms with van der Waals surface area (Å²) in [6.07, 6.45) is 2.10. The molecule has 1 atom stereocenters. The van der Waals surface area contributed by atoms with Crippen LogP contribution in [0, 0.1) is 0 Å². The van der Waals surface area contributed by atoms with Crippen molar-refractivity contribution in [2.75, 3.05) is 0 Å². The third-order valence-corrected chi connectivity index (χ3v) is 3.51. The van der Waals surface area contributed by atoms with Crippen molar-refractivity contribution in [1.82, 2.24) is 9.78 Å². The number of carboxylic acid groups (broad SMARTS) is 1. The lowest BCUT2D eigenvalue weighted by molar-refractivity contribution is -0.138. The Balaban J connectivity index is 2.33. The molecule has 5 heteroatoms. The molecule has 0 bridgehead atoms. The first-order valence-corrected chi connectivity index (χ1v) is 6.99. The van der Waals surface area contributed by atoms with Gasteiger partial charge in [0.25, 0.3) is 0 Å². The van der Waals surface area contributed by atoms with Crippen molar-refractivity contribution < 1.29 is 9.90 Å². The summed E-state index contributed by atoms with van der Waals surface area (Å²) in [6.45, 7) is 4.29. The van der Waals surface area contributed by atoms with Crippen molar-refractivity contribution in [3.8, 4) is 11.3 Å². The van der Waals surface area contributed by atoms with Gasteiger partial charge in [-0.3, -0.25) is 9.48 Å². The monoisotopic (exact) mass is 287 g/mol. The summed E-state index contributed by atoms with van der Waals surface area (Å²) in [4.78, 5) is 10.9. The molecule has 112 valence electrons. The van der Waals surface area contributed by atoms with Crippen molar-refractivity contribution in [1.29, 1.82) is 0 Å². The molecule has 3 N–H and O–H groups in total. The third kappa shape index (κ3) is 3.49. The van der Waals surface area contributed by atoms with Crippen LogP contribution in [0.2, 0.25) is 0 Å². The highest BCUT2D eigenvalue weighted by atomic mass is 16.4. The van der Waals surface area contributed by atoms with Crippen molar-refractivity contribution in [3.05, 3.63) is 41.6 Å². The molecule has 5 nitrogen and oxygen atoms in total. The van der Waals surface area contributed by atoms with E-state index in [0.717, 1.165) is 16.8 Å². The van der Waals surface area contributed by atoms with Gasteiger partial charge >= 0.3 is 5.97 Å². The molecule has 21 heavy (non-hydrogen) atoms. The third-order valence-electron chi connectivity index (χ3n) is 3.51. The Morgan fingerprint density at radius 3 is 2.48 bits per heavy atom. The van der Waals surface area contributed by atoms with E-state index < -0.39 is 12.0 Å². The number of nitrogens with two attached hydrogens (primary N) is 1. The lowest BCUT2D eigenvalue weighted by Gasteiger charge is -2.08. The number of hydrogen-bond acceptors (Lipinski definition) is 3. The van der Waals surface area contributed by atoms with Crippen LogP contribution in [0.3, 0.4) is 0 Å². The summed E-state index contributed by atoms with van der Waals surface area (Å²) in [6, 6.07) is 7.29. The van der Waals surface area contributed by atoms with Gasteiger partial charge in [-0.05, 0) is 11.5 Å². The van der Waals surface area contributed by atoms with E-state index in [-0.39, 0.29) is 6.42 Å². The largest absolute Gasteiger partial charge is 0.480 e. The zero-order chi connectivity index (χ0) is 15.6. The minimum Gasteiger partial charge on any atom is -0.480 e. The van der Waals surface area contributed by atoms with Crippen LogP contribution < -0.4 is 5.73 Å². The molecule has 0 aliphatic carbocycles.